The number of aliphatic hydroxyl groups is 1. The van der Waals surface area contributed by atoms with E-state index in [1.54, 1.807) is 26.2 Å². The van der Waals surface area contributed by atoms with Crippen LogP contribution in [0.15, 0.2) is 36.7 Å². The number of aromatic nitrogens is 1. The SMILES string of the molecule is CC(C)(O)C#Cc1ccc(C#Cc2ccncc2)s1. The summed E-state index contributed by atoms with van der Waals surface area (Å²) in [6.45, 7) is 3.33. The zero-order valence-corrected chi connectivity index (χ0v) is 11.6. The maximum atomic E-state index is 9.53. The second-order valence-corrected chi connectivity index (χ2v) is 5.54. The lowest BCUT2D eigenvalue weighted by atomic mass is 10.1. The lowest BCUT2D eigenvalue weighted by molar-refractivity contribution is 0.143. The van der Waals surface area contributed by atoms with Crippen molar-refractivity contribution in [2.75, 3.05) is 0 Å². The van der Waals surface area contributed by atoms with Gasteiger partial charge in [0.2, 0.25) is 0 Å². The molecule has 19 heavy (non-hydrogen) atoms. The predicted octanol–water partition coefficient (Wildman–Crippen LogP) is 2.67. The Labute approximate surface area is 117 Å². The van der Waals surface area contributed by atoms with Crippen LogP contribution in [0.25, 0.3) is 0 Å². The molecule has 2 rings (SSSR count). The molecule has 0 atom stereocenters. The molecule has 0 aromatic carbocycles. The van der Waals surface area contributed by atoms with E-state index in [0.29, 0.717) is 0 Å². The Morgan fingerprint density at radius 2 is 1.63 bits per heavy atom. The Hall–Kier alpha value is -2.07. The van der Waals surface area contributed by atoms with E-state index in [-0.39, 0.29) is 0 Å². The van der Waals surface area contributed by atoms with Crippen molar-refractivity contribution in [3.8, 4) is 23.7 Å². The van der Waals surface area contributed by atoms with Crippen LogP contribution in [0.5, 0.6) is 0 Å². The molecule has 2 aromatic rings. The molecule has 0 bridgehead atoms. The number of nitrogens with zero attached hydrogens (tertiary/aromatic N) is 1. The van der Waals surface area contributed by atoms with Crippen LogP contribution in [-0.4, -0.2) is 15.7 Å². The molecule has 0 radical (unpaired) electrons. The first-order valence-electron chi connectivity index (χ1n) is 5.80. The fraction of sp³-hybridized carbons (Fsp3) is 0.188. The molecule has 2 aromatic heterocycles. The van der Waals surface area contributed by atoms with E-state index >= 15 is 0 Å². The molecule has 3 heteroatoms. The van der Waals surface area contributed by atoms with Crippen LogP contribution >= 0.6 is 11.3 Å². The summed E-state index contributed by atoms with van der Waals surface area (Å²) in [5.41, 5.74) is -0.0279. The lowest BCUT2D eigenvalue weighted by Crippen LogP contribution is -2.14. The normalized spacial score (nSPS) is 10.1. The molecule has 0 spiro atoms. The molecule has 0 aliphatic rings. The van der Waals surface area contributed by atoms with Gasteiger partial charge in [-0.3, -0.25) is 4.98 Å². The summed E-state index contributed by atoms with van der Waals surface area (Å²) in [6, 6.07) is 7.60. The highest BCUT2D eigenvalue weighted by Gasteiger charge is 2.05. The number of rotatable bonds is 0. The molecule has 0 unspecified atom stereocenters. The lowest BCUT2D eigenvalue weighted by Gasteiger charge is -2.05. The third-order valence-corrected chi connectivity index (χ3v) is 3.02. The molecule has 0 amide bonds. The number of thiophene rings is 1. The first kappa shape index (κ1) is 13.4. The molecule has 0 saturated heterocycles. The summed E-state index contributed by atoms with van der Waals surface area (Å²) in [7, 11) is 0. The second kappa shape index (κ2) is 5.71. The topological polar surface area (TPSA) is 33.1 Å². The molecule has 0 saturated carbocycles. The Morgan fingerprint density at radius 1 is 1.00 bits per heavy atom. The highest BCUT2D eigenvalue weighted by atomic mass is 32.1. The van der Waals surface area contributed by atoms with E-state index < -0.39 is 5.60 Å². The molecule has 2 nitrogen and oxygen atoms in total. The quantitative estimate of drug-likeness (QED) is 0.744. The summed E-state index contributed by atoms with van der Waals surface area (Å²) in [5, 5.41) is 9.53. The maximum Gasteiger partial charge on any atom is 0.120 e. The highest BCUT2D eigenvalue weighted by Crippen LogP contribution is 2.14. The predicted molar refractivity (Wildman–Crippen MR) is 77.7 cm³/mol. The van der Waals surface area contributed by atoms with Crippen molar-refractivity contribution in [2.45, 2.75) is 19.4 Å². The molecule has 1 N–H and O–H groups in total. The van der Waals surface area contributed by atoms with E-state index in [1.807, 2.05) is 24.3 Å². The van der Waals surface area contributed by atoms with E-state index in [4.69, 9.17) is 0 Å². The van der Waals surface area contributed by atoms with Crippen molar-refractivity contribution in [1.82, 2.24) is 4.98 Å². The van der Waals surface area contributed by atoms with Gasteiger partial charge in [0.15, 0.2) is 0 Å². The number of pyridine rings is 1. The number of hydrogen-bond donors (Lipinski definition) is 1. The van der Waals surface area contributed by atoms with Crippen LogP contribution in [0, 0.1) is 23.7 Å². The zero-order chi connectivity index (χ0) is 13.7. The molecule has 94 valence electrons. The fourth-order valence-electron chi connectivity index (χ4n) is 1.26. The van der Waals surface area contributed by atoms with Gasteiger partial charge in [-0.25, -0.2) is 0 Å². The van der Waals surface area contributed by atoms with Gasteiger partial charge in [0.1, 0.15) is 5.60 Å². The van der Waals surface area contributed by atoms with Gasteiger partial charge in [0, 0.05) is 18.0 Å². The monoisotopic (exact) mass is 267 g/mol. The first-order chi connectivity index (χ1) is 9.03. The van der Waals surface area contributed by atoms with Gasteiger partial charge in [-0.05, 0) is 38.1 Å². The van der Waals surface area contributed by atoms with Crippen molar-refractivity contribution in [3.05, 3.63) is 52.0 Å². The van der Waals surface area contributed by atoms with E-state index in [0.717, 1.165) is 15.3 Å². The van der Waals surface area contributed by atoms with Crippen LogP contribution in [0.1, 0.15) is 29.2 Å². The minimum atomic E-state index is -0.965. The Kier molecular flexibility index (Phi) is 4.02. The van der Waals surface area contributed by atoms with Gasteiger partial charge < -0.3 is 5.11 Å². The largest absolute Gasteiger partial charge is 0.378 e. The Morgan fingerprint density at radius 3 is 2.26 bits per heavy atom. The third kappa shape index (κ3) is 4.60. The van der Waals surface area contributed by atoms with Gasteiger partial charge in [-0.15, -0.1) is 11.3 Å². The average molecular weight is 267 g/mol. The minimum absolute atomic E-state index is 0.904. The maximum absolute atomic E-state index is 9.53. The van der Waals surface area contributed by atoms with Crippen LogP contribution in [-0.2, 0) is 0 Å². The van der Waals surface area contributed by atoms with Crippen molar-refractivity contribution < 1.29 is 5.11 Å². The summed E-state index contributed by atoms with van der Waals surface area (Å²) < 4.78 is 0. The average Bonchev–Trinajstić information content (AvgIpc) is 2.82. The fourth-order valence-corrected chi connectivity index (χ4v) is 1.97. The summed E-state index contributed by atoms with van der Waals surface area (Å²) >= 11 is 1.52. The zero-order valence-electron chi connectivity index (χ0n) is 10.8. The molecule has 0 aliphatic carbocycles. The van der Waals surface area contributed by atoms with Gasteiger partial charge in [-0.1, -0.05) is 23.7 Å². The first-order valence-corrected chi connectivity index (χ1v) is 6.62. The standard InChI is InChI=1S/C16H13NOS/c1-16(2,18)10-7-15-6-5-14(19-15)4-3-13-8-11-17-12-9-13/h5-6,8-9,11-12,18H,1-2H3. The molecular formula is C16H13NOS. The number of hydrogen-bond acceptors (Lipinski definition) is 3. The second-order valence-electron chi connectivity index (χ2n) is 4.46. The highest BCUT2D eigenvalue weighted by molar-refractivity contribution is 7.13. The van der Waals surface area contributed by atoms with E-state index in [2.05, 4.69) is 28.7 Å². The molecular weight excluding hydrogens is 254 g/mol. The molecule has 0 aliphatic heterocycles. The summed E-state index contributed by atoms with van der Waals surface area (Å²) in [4.78, 5) is 5.80. The Bertz CT molecular complexity index is 673. The van der Waals surface area contributed by atoms with Crippen molar-refractivity contribution >= 4 is 11.3 Å². The Balaban J connectivity index is 2.14. The van der Waals surface area contributed by atoms with Gasteiger partial charge in [0.05, 0.1) is 9.75 Å². The molecule has 2 heterocycles. The summed E-state index contributed by atoms with van der Waals surface area (Å²) in [6.07, 6.45) is 3.44. The van der Waals surface area contributed by atoms with Crippen molar-refractivity contribution in [1.29, 1.82) is 0 Å². The minimum Gasteiger partial charge on any atom is -0.378 e. The smallest absolute Gasteiger partial charge is 0.120 e. The van der Waals surface area contributed by atoms with Crippen LogP contribution in [0.4, 0.5) is 0 Å². The van der Waals surface area contributed by atoms with Crippen molar-refractivity contribution in [2.24, 2.45) is 0 Å². The van der Waals surface area contributed by atoms with Gasteiger partial charge in [-0.2, -0.15) is 0 Å². The van der Waals surface area contributed by atoms with Crippen LogP contribution < -0.4 is 0 Å². The van der Waals surface area contributed by atoms with E-state index in [1.165, 1.54) is 11.3 Å². The third-order valence-electron chi connectivity index (χ3n) is 2.11. The van der Waals surface area contributed by atoms with Gasteiger partial charge in [0.25, 0.3) is 0 Å². The van der Waals surface area contributed by atoms with Gasteiger partial charge >= 0.3 is 0 Å². The van der Waals surface area contributed by atoms with E-state index in [9.17, 15) is 5.11 Å². The molecule has 0 fully saturated rings. The van der Waals surface area contributed by atoms with Crippen LogP contribution in [0.2, 0.25) is 0 Å². The van der Waals surface area contributed by atoms with Crippen molar-refractivity contribution in [3.63, 3.8) is 0 Å². The van der Waals surface area contributed by atoms with Crippen LogP contribution in [0.3, 0.4) is 0 Å². The summed E-state index contributed by atoms with van der Waals surface area (Å²) in [5.74, 6) is 11.9.